The van der Waals surface area contributed by atoms with Gasteiger partial charge in [0.05, 0.1) is 65.4 Å². The molecule has 0 saturated heterocycles. The summed E-state index contributed by atoms with van der Waals surface area (Å²) in [5, 5.41) is 14.6. The molecule has 2 fully saturated rings. The van der Waals surface area contributed by atoms with E-state index in [4.69, 9.17) is 0 Å². The first-order valence-electron chi connectivity index (χ1n) is 46.4. The molecule has 0 spiro atoms. The average molecular weight is 1680 g/mol. The van der Waals surface area contributed by atoms with Crippen LogP contribution in [-0.4, -0.2) is 22.7 Å². The van der Waals surface area contributed by atoms with Gasteiger partial charge in [-0.05, 0) is 257 Å². The van der Waals surface area contributed by atoms with Crippen LogP contribution in [0.15, 0.2) is 310 Å². The van der Waals surface area contributed by atoms with Gasteiger partial charge in [-0.2, -0.15) is 22.7 Å². The van der Waals surface area contributed by atoms with Crippen molar-refractivity contribution in [2.45, 2.75) is 158 Å². The Hall–Kier alpha value is -13.6. The minimum Gasteiger partial charge on any atom is -0.237 e. The number of pyridine rings is 5. The van der Waals surface area contributed by atoms with E-state index in [1.54, 1.807) is 16.7 Å². The molecule has 0 unspecified atom stereocenters. The zero-order valence-electron chi connectivity index (χ0n) is 77.6. The Morgan fingerprint density at radius 1 is 0.273 bits per heavy atom. The Balaban J connectivity index is 0.000000106. The molecule has 2 aliphatic rings. The van der Waals surface area contributed by atoms with Gasteiger partial charge in [-0.3, -0.25) is 0 Å². The second-order valence-corrected chi connectivity index (χ2v) is 37.7. The van der Waals surface area contributed by atoms with Crippen molar-refractivity contribution in [3.05, 3.63) is 371 Å². The van der Waals surface area contributed by atoms with Crippen LogP contribution in [0.3, 0.4) is 0 Å². The van der Waals surface area contributed by atoms with E-state index in [9.17, 15) is 0 Å². The second-order valence-electron chi connectivity index (χ2n) is 37.7. The first-order valence-corrected chi connectivity index (χ1v) is 46.4. The summed E-state index contributed by atoms with van der Waals surface area (Å²) in [6.07, 6.45) is 24.6. The number of hydrogen-bond donors (Lipinski definition) is 0. The van der Waals surface area contributed by atoms with Crippen LogP contribution < -0.4 is 22.8 Å². The van der Waals surface area contributed by atoms with Crippen molar-refractivity contribution >= 4 is 115 Å². The summed E-state index contributed by atoms with van der Waals surface area (Å²) in [5.41, 5.74) is 30.9. The van der Waals surface area contributed by atoms with Crippen molar-refractivity contribution in [3.63, 3.8) is 0 Å². The molecule has 21 aromatic rings. The van der Waals surface area contributed by atoms with Gasteiger partial charge in [0, 0.05) is 83.7 Å². The Labute approximate surface area is 753 Å². The van der Waals surface area contributed by atoms with Gasteiger partial charge in [0.1, 0.15) is 55.8 Å². The van der Waals surface area contributed by atoms with E-state index in [1.807, 2.05) is 0 Å². The molecule has 10 nitrogen and oxygen atoms in total. The molecule has 0 bridgehead atoms. The van der Waals surface area contributed by atoms with Crippen LogP contribution in [0.5, 0.6) is 0 Å². The summed E-state index contributed by atoms with van der Waals surface area (Å²) >= 11 is 0. The highest BCUT2D eigenvalue weighted by Crippen LogP contribution is 2.47. The van der Waals surface area contributed by atoms with Crippen LogP contribution in [0.25, 0.3) is 149 Å². The van der Waals surface area contributed by atoms with Gasteiger partial charge in [-0.15, -0.1) is 0 Å². The summed E-state index contributed by atoms with van der Waals surface area (Å²) in [6, 6.07) is 102. The van der Waals surface area contributed by atoms with Gasteiger partial charge in [-0.1, -0.05) is 217 Å². The highest BCUT2D eigenvalue weighted by Gasteiger charge is 2.34. The maximum atomic E-state index is 2.61. The summed E-state index contributed by atoms with van der Waals surface area (Å²) in [5.74, 6) is 6.13. The molecule has 0 atom stereocenters. The molecule has 0 N–H and O–H groups in total. The minimum absolute atomic E-state index is 0.122. The lowest BCUT2D eigenvalue weighted by Gasteiger charge is -2.29. The average Bonchev–Trinajstić information content (AvgIpc) is 1.29. The number of rotatable bonds is 7. The second kappa shape index (κ2) is 34.6. The van der Waals surface area contributed by atoms with Crippen molar-refractivity contribution in [1.82, 2.24) is 22.7 Å². The monoisotopic (exact) mass is 1680 g/mol. The Morgan fingerprint density at radius 3 is 1.08 bits per heavy atom. The number of nitrogens with zero attached hydrogens (tertiary/aromatic N) is 10. The van der Waals surface area contributed by atoms with Crippen molar-refractivity contribution < 1.29 is 22.8 Å². The van der Waals surface area contributed by atoms with Crippen LogP contribution in [0.4, 0.5) is 0 Å². The Bertz CT molecular complexity index is 7830. The third-order valence-corrected chi connectivity index (χ3v) is 28.0. The zero-order chi connectivity index (χ0) is 88.5. The van der Waals surface area contributed by atoms with E-state index in [2.05, 4.69) is 467 Å². The number of aryl methyl sites for hydroxylation is 13. The topological polar surface area (TPSA) is 43.5 Å². The molecular formula is C118H121N10+5. The Kier molecular flexibility index (Phi) is 22.7. The van der Waals surface area contributed by atoms with Gasteiger partial charge < -0.3 is 0 Å². The van der Waals surface area contributed by atoms with Gasteiger partial charge in [0.2, 0.25) is 0 Å². The van der Waals surface area contributed by atoms with Gasteiger partial charge in [0.25, 0.3) is 28.9 Å². The zero-order valence-corrected chi connectivity index (χ0v) is 77.6. The summed E-state index contributed by atoms with van der Waals surface area (Å²) in [6.45, 7) is 24.3. The smallest absolute Gasteiger partial charge is 0.237 e. The lowest BCUT2D eigenvalue weighted by atomic mass is 9.76. The molecule has 0 aliphatic heterocycles. The quantitative estimate of drug-likeness (QED) is 0.113. The first kappa shape index (κ1) is 84.0. The number of para-hydroxylation sites is 9. The van der Waals surface area contributed by atoms with Crippen molar-refractivity contribution in [2.24, 2.45) is 35.2 Å². The van der Waals surface area contributed by atoms with Crippen LogP contribution >= 0.6 is 0 Å². The minimum atomic E-state index is 0.122. The maximum absolute atomic E-state index is 2.61. The number of benzene rings is 11. The van der Waals surface area contributed by atoms with E-state index in [-0.39, 0.29) is 5.41 Å². The summed E-state index contributed by atoms with van der Waals surface area (Å²) in [7, 11) is 10.7. The molecule has 0 amide bonds. The van der Waals surface area contributed by atoms with E-state index >= 15 is 0 Å². The molecule has 638 valence electrons. The highest BCUT2D eigenvalue weighted by atomic mass is 15.2. The fraction of sp³-hybridized carbons (Fsp3) is 0.246. The fourth-order valence-electron chi connectivity index (χ4n) is 21.4. The first-order chi connectivity index (χ1) is 62.1. The van der Waals surface area contributed by atoms with Crippen molar-refractivity contribution in [3.8, 4) is 34.5 Å². The Morgan fingerprint density at radius 2 is 0.633 bits per heavy atom. The van der Waals surface area contributed by atoms with E-state index in [0.29, 0.717) is 11.8 Å². The molecule has 10 aromatic heterocycles. The van der Waals surface area contributed by atoms with Crippen molar-refractivity contribution in [1.29, 1.82) is 0 Å². The molecular weight excluding hydrogens is 1560 g/mol. The molecule has 128 heavy (non-hydrogen) atoms. The number of fused-ring (bicyclic) bond motifs is 18. The number of aromatic nitrogens is 10. The van der Waals surface area contributed by atoms with Crippen LogP contribution in [0, 0.1) is 55.4 Å². The summed E-state index contributed by atoms with van der Waals surface area (Å²) in [4.78, 5) is 0. The molecule has 11 aromatic carbocycles. The lowest BCUT2D eigenvalue weighted by Crippen LogP contribution is -2.34. The van der Waals surface area contributed by atoms with Gasteiger partial charge in [0.15, 0.2) is 5.69 Å². The predicted octanol–water partition coefficient (Wildman–Crippen LogP) is 27.0. The normalized spacial score (nSPS) is 13.4. The van der Waals surface area contributed by atoms with Crippen LogP contribution in [0.2, 0.25) is 0 Å². The highest BCUT2D eigenvalue weighted by molar-refractivity contribution is 6.15. The fourth-order valence-corrected chi connectivity index (χ4v) is 21.4. The van der Waals surface area contributed by atoms with Crippen LogP contribution in [0.1, 0.15) is 158 Å². The van der Waals surface area contributed by atoms with E-state index < -0.39 is 0 Å². The van der Waals surface area contributed by atoms with E-state index in [0.717, 1.165) is 0 Å². The predicted molar refractivity (Wildman–Crippen MR) is 535 cm³/mol. The molecule has 0 radical (unpaired) electrons. The number of imidazole rings is 1. The van der Waals surface area contributed by atoms with Crippen molar-refractivity contribution in [2.75, 3.05) is 0 Å². The third-order valence-electron chi connectivity index (χ3n) is 28.0. The SMILES string of the molecule is Cc1cc(-n2c3ccccc3c3cccc(C)c32)[n+](C)cc1C.Cc1cc[n+](C)c(-n2c3ccccc3c3cccc(C)c32)c1.Cc1cccc2c3ccccc3n(-c3cc(C(C)(C)C)cc[n+]3C)c12.Cc1cccc2c3ccccc3n(-c3cccc[n+]3C)c12.Cc1cccc2c3ccccc3n3c(-c4c(C5CCCCC5)cccc4C4CCCCC4)c[n+](C)c3c12. The standard InChI is InChI=1S/C35H39N2.C23H25N2.C21H21N2.C20H19N2.C19H17N2/c1-24-13-11-21-30-29-18-9-10-22-31(29)37-32(23-36(2)35(37)33(24)30)34-27(25-14-5-3-6-15-25)19-12-20-28(34)26-16-7-4-8-17-26;1-16-9-8-11-19-18-10-6-7-12-20(18)25(22(16)19)21-15-17(23(2,3)4)13-14-24(21)5;1-14-8-7-10-18-17-9-5-6-11-19(17)23(21(14)18)20-12-15(2)16(3)13-22(20)4;1-14-11-12-21(3)19(13-14)22-18-10-5-4-8-16(18)17-9-6-7-15(2)20(17)22;1-14-8-7-10-16-15-9-3-4-11-17(15)21(19(14)16)18-12-5-6-13-20(18)2/h9-13,18-23,25-26H,3-8,14-17H2,1-2H3;6-15H,1-5H3;5-13H,1-4H3;4-13H,1-3H3;3-13H,1-2H3/q5*+1. The molecule has 10 heteroatoms. The largest absolute Gasteiger partial charge is 0.295 e. The van der Waals surface area contributed by atoms with Gasteiger partial charge in [-0.25, -0.2) is 22.8 Å². The van der Waals surface area contributed by atoms with Crippen LogP contribution in [-0.2, 0) is 40.7 Å². The van der Waals surface area contributed by atoms with E-state index in [1.165, 1.54) is 258 Å². The molecule has 2 saturated carbocycles. The third kappa shape index (κ3) is 15.1. The molecule has 2 aliphatic carbocycles. The summed E-state index contributed by atoms with van der Waals surface area (Å²) < 4.78 is 23.4. The lowest BCUT2D eigenvalue weighted by molar-refractivity contribution is -0.665. The molecule has 10 heterocycles. The molecule has 23 rings (SSSR count). The number of hydrogen-bond acceptors (Lipinski definition) is 0. The maximum Gasteiger partial charge on any atom is 0.295 e. The van der Waals surface area contributed by atoms with Gasteiger partial charge >= 0.3 is 0 Å².